The Morgan fingerprint density at radius 1 is 1.12 bits per heavy atom. The molecule has 3 atom stereocenters. The van der Waals surface area contributed by atoms with Gasteiger partial charge in [0.2, 0.25) is 0 Å². The van der Waals surface area contributed by atoms with Gasteiger partial charge in [-0.15, -0.1) is 0 Å². The Labute approximate surface area is 99.8 Å². The van der Waals surface area contributed by atoms with Crippen LogP contribution in [-0.4, -0.2) is 23.8 Å². The second kappa shape index (κ2) is 6.02. The van der Waals surface area contributed by atoms with E-state index in [9.17, 15) is 5.11 Å². The average Bonchev–Trinajstić information content (AvgIpc) is 2.87. The van der Waals surface area contributed by atoms with Gasteiger partial charge >= 0.3 is 0 Å². The number of aliphatic hydroxyl groups is 1. The van der Waals surface area contributed by atoms with E-state index in [0.29, 0.717) is 12.0 Å². The van der Waals surface area contributed by atoms with Gasteiger partial charge in [0, 0.05) is 12.6 Å². The fourth-order valence-electron chi connectivity index (χ4n) is 3.44. The molecule has 2 aliphatic rings. The Bertz CT molecular complexity index is 201. The molecule has 0 amide bonds. The highest BCUT2D eigenvalue weighted by atomic mass is 16.3. The van der Waals surface area contributed by atoms with Crippen molar-refractivity contribution in [1.82, 2.24) is 5.32 Å². The number of rotatable bonds is 5. The lowest BCUT2D eigenvalue weighted by molar-refractivity contribution is 0.129. The molecule has 2 aliphatic carbocycles. The van der Waals surface area contributed by atoms with Crippen LogP contribution < -0.4 is 5.32 Å². The molecule has 94 valence electrons. The van der Waals surface area contributed by atoms with Gasteiger partial charge < -0.3 is 10.4 Å². The van der Waals surface area contributed by atoms with Crippen LogP contribution in [0.1, 0.15) is 58.3 Å². The summed E-state index contributed by atoms with van der Waals surface area (Å²) in [6.45, 7) is 3.33. The lowest BCUT2D eigenvalue weighted by Crippen LogP contribution is -2.34. The molecule has 2 N–H and O–H groups in total. The lowest BCUT2D eigenvalue weighted by Gasteiger charge is -2.21. The number of hydrogen-bond acceptors (Lipinski definition) is 2. The number of aliphatic hydroxyl groups excluding tert-OH is 1. The molecule has 2 fully saturated rings. The van der Waals surface area contributed by atoms with Crippen molar-refractivity contribution in [2.24, 2.45) is 11.8 Å². The molecule has 2 rings (SSSR count). The summed E-state index contributed by atoms with van der Waals surface area (Å²) in [7, 11) is 0. The highest BCUT2D eigenvalue weighted by Crippen LogP contribution is 2.29. The van der Waals surface area contributed by atoms with Crippen LogP contribution in [0.15, 0.2) is 0 Å². The first-order valence-corrected chi connectivity index (χ1v) is 7.17. The number of hydrogen-bond donors (Lipinski definition) is 2. The third-order valence-corrected chi connectivity index (χ3v) is 4.51. The van der Waals surface area contributed by atoms with Crippen LogP contribution in [0.4, 0.5) is 0 Å². The van der Waals surface area contributed by atoms with Crippen molar-refractivity contribution in [1.29, 1.82) is 0 Å². The van der Waals surface area contributed by atoms with E-state index < -0.39 is 0 Å². The molecule has 0 saturated heterocycles. The van der Waals surface area contributed by atoms with E-state index in [1.54, 1.807) is 0 Å². The highest BCUT2D eigenvalue weighted by molar-refractivity contribution is 4.80. The minimum atomic E-state index is -0.0359. The zero-order chi connectivity index (χ0) is 11.4. The molecular weight excluding hydrogens is 198 g/mol. The molecule has 0 bridgehead atoms. The maximum Gasteiger partial charge on any atom is 0.0580 e. The van der Waals surface area contributed by atoms with Crippen LogP contribution in [0.3, 0.4) is 0 Å². The van der Waals surface area contributed by atoms with Gasteiger partial charge in [-0.25, -0.2) is 0 Å². The van der Waals surface area contributed by atoms with E-state index in [1.807, 2.05) is 0 Å². The van der Waals surface area contributed by atoms with Gasteiger partial charge in [0.1, 0.15) is 0 Å². The van der Waals surface area contributed by atoms with Gasteiger partial charge in [-0.2, -0.15) is 0 Å². The topological polar surface area (TPSA) is 32.3 Å². The van der Waals surface area contributed by atoms with Gasteiger partial charge in [0.05, 0.1) is 6.10 Å². The summed E-state index contributed by atoms with van der Waals surface area (Å²) >= 11 is 0. The molecule has 16 heavy (non-hydrogen) atoms. The summed E-state index contributed by atoms with van der Waals surface area (Å²) in [5.41, 5.74) is 0. The van der Waals surface area contributed by atoms with Crippen molar-refractivity contribution >= 4 is 0 Å². The Kier molecular flexibility index (Phi) is 4.66. The summed E-state index contributed by atoms with van der Waals surface area (Å²) in [5, 5.41) is 13.4. The molecule has 0 aromatic heterocycles. The summed E-state index contributed by atoms with van der Waals surface area (Å²) in [4.78, 5) is 0. The Morgan fingerprint density at radius 3 is 2.50 bits per heavy atom. The molecule has 0 radical (unpaired) electrons. The predicted molar refractivity (Wildman–Crippen MR) is 67.4 cm³/mol. The average molecular weight is 225 g/mol. The second-order valence-electron chi connectivity index (χ2n) is 5.95. The molecule has 0 aromatic rings. The van der Waals surface area contributed by atoms with Crippen LogP contribution in [0.25, 0.3) is 0 Å². The largest absolute Gasteiger partial charge is 0.393 e. The Hall–Kier alpha value is -0.0800. The molecular formula is C14H27NO. The maximum absolute atomic E-state index is 9.75. The van der Waals surface area contributed by atoms with E-state index in [1.165, 1.54) is 44.9 Å². The first-order chi connectivity index (χ1) is 7.75. The Balaban J connectivity index is 1.61. The quantitative estimate of drug-likeness (QED) is 0.754. The highest BCUT2D eigenvalue weighted by Gasteiger charge is 2.25. The molecule has 0 aromatic carbocycles. The zero-order valence-electron chi connectivity index (χ0n) is 10.6. The monoisotopic (exact) mass is 225 g/mol. The molecule has 0 aliphatic heterocycles. The molecule has 3 unspecified atom stereocenters. The van der Waals surface area contributed by atoms with E-state index in [-0.39, 0.29) is 6.10 Å². The van der Waals surface area contributed by atoms with E-state index >= 15 is 0 Å². The van der Waals surface area contributed by atoms with Crippen molar-refractivity contribution in [3.63, 3.8) is 0 Å². The lowest BCUT2D eigenvalue weighted by atomic mass is 9.98. The molecule has 0 spiro atoms. The van der Waals surface area contributed by atoms with Crippen molar-refractivity contribution in [2.45, 2.75) is 70.4 Å². The van der Waals surface area contributed by atoms with Crippen molar-refractivity contribution in [2.75, 3.05) is 6.54 Å². The van der Waals surface area contributed by atoms with Gasteiger partial charge in [-0.1, -0.05) is 32.1 Å². The van der Waals surface area contributed by atoms with Gasteiger partial charge in [0.25, 0.3) is 0 Å². The summed E-state index contributed by atoms with van der Waals surface area (Å²) in [6, 6.07) is 0.635. The maximum atomic E-state index is 9.75. The van der Waals surface area contributed by atoms with E-state index in [0.717, 1.165) is 18.9 Å². The summed E-state index contributed by atoms with van der Waals surface area (Å²) in [6.07, 6.45) is 10.5. The standard InChI is InChI=1S/C14H27NO/c1-11(9-12-5-2-3-6-12)15-10-13-7-4-8-14(13)16/h11-16H,2-10H2,1H3. The van der Waals surface area contributed by atoms with E-state index in [2.05, 4.69) is 12.2 Å². The van der Waals surface area contributed by atoms with Crippen LogP contribution in [-0.2, 0) is 0 Å². The van der Waals surface area contributed by atoms with Crippen molar-refractivity contribution < 1.29 is 5.11 Å². The Morgan fingerprint density at radius 2 is 1.88 bits per heavy atom. The summed E-state index contributed by atoms with van der Waals surface area (Å²) < 4.78 is 0. The summed E-state index contributed by atoms with van der Waals surface area (Å²) in [5.74, 6) is 1.49. The SMILES string of the molecule is CC(CC1CCCC1)NCC1CCCC1O. The third kappa shape index (κ3) is 3.46. The minimum Gasteiger partial charge on any atom is -0.393 e. The van der Waals surface area contributed by atoms with Crippen LogP contribution in [0.5, 0.6) is 0 Å². The van der Waals surface area contributed by atoms with Crippen LogP contribution >= 0.6 is 0 Å². The smallest absolute Gasteiger partial charge is 0.0580 e. The molecule has 2 nitrogen and oxygen atoms in total. The predicted octanol–water partition coefficient (Wildman–Crippen LogP) is 2.71. The van der Waals surface area contributed by atoms with Crippen molar-refractivity contribution in [3.8, 4) is 0 Å². The molecule has 2 saturated carbocycles. The van der Waals surface area contributed by atoms with Crippen molar-refractivity contribution in [3.05, 3.63) is 0 Å². The second-order valence-corrected chi connectivity index (χ2v) is 5.95. The fourth-order valence-corrected chi connectivity index (χ4v) is 3.44. The van der Waals surface area contributed by atoms with Crippen LogP contribution in [0, 0.1) is 11.8 Å². The van der Waals surface area contributed by atoms with Crippen LogP contribution in [0.2, 0.25) is 0 Å². The van der Waals surface area contributed by atoms with Gasteiger partial charge in [-0.05, 0) is 38.0 Å². The fraction of sp³-hybridized carbons (Fsp3) is 1.00. The minimum absolute atomic E-state index is 0.0359. The number of nitrogens with one attached hydrogen (secondary N) is 1. The first kappa shape index (κ1) is 12.4. The molecule has 2 heteroatoms. The van der Waals surface area contributed by atoms with E-state index in [4.69, 9.17) is 0 Å². The van der Waals surface area contributed by atoms with Gasteiger partial charge in [-0.3, -0.25) is 0 Å². The molecule has 0 heterocycles. The van der Waals surface area contributed by atoms with Gasteiger partial charge in [0.15, 0.2) is 0 Å². The first-order valence-electron chi connectivity index (χ1n) is 7.17. The normalized spacial score (nSPS) is 33.4. The zero-order valence-corrected chi connectivity index (χ0v) is 10.6. The third-order valence-electron chi connectivity index (χ3n) is 4.51.